The van der Waals surface area contributed by atoms with Crippen LogP contribution in [0.4, 0.5) is 10.1 Å². The van der Waals surface area contributed by atoms with Crippen LogP contribution in [0.1, 0.15) is 44.6 Å². The summed E-state index contributed by atoms with van der Waals surface area (Å²) in [6.45, 7) is 9.46. The van der Waals surface area contributed by atoms with Gasteiger partial charge in [0.2, 0.25) is 0 Å². The van der Waals surface area contributed by atoms with Crippen molar-refractivity contribution in [3.63, 3.8) is 0 Å². The molecule has 1 aliphatic heterocycles. The van der Waals surface area contributed by atoms with Crippen LogP contribution in [-0.2, 0) is 5.54 Å². The number of benzene rings is 1. The van der Waals surface area contributed by atoms with Gasteiger partial charge in [0.05, 0.1) is 17.3 Å². The molecule has 0 N–H and O–H groups in total. The highest BCUT2D eigenvalue weighted by molar-refractivity contribution is 5.48. The first kappa shape index (κ1) is 20.4. The number of anilines is 1. The third-order valence-electron chi connectivity index (χ3n) is 6.07. The molecular formula is C22H28FN7. The average Bonchev–Trinajstić information content (AvgIpc) is 3.26. The normalized spacial score (nSPS) is 16.6. The van der Waals surface area contributed by atoms with Gasteiger partial charge in [-0.3, -0.25) is 9.88 Å². The largest absolute Gasteiger partial charge is 0.367 e. The Kier molecular flexibility index (Phi) is 5.76. The molecule has 1 atom stereocenters. The summed E-state index contributed by atoms with van der Waals surface area (Å²) in [4.78, 5) is 8.66. The first-order chi connectivity index (χ1) is 14.5. The van der Waals surface area contributed by atoms with Crippen molar-refractivity contribution in [2.24, 2.45) is 0 Å². The predicted octanol–water partition coefficient (Wildman–Crippen LogP) is 3.26. The summed E-state index contributed by atoms with van der Waals surface area (Å²) in [5.74, 6) is 0.651. The molecule has 30 heavy (non-hydrogen) atoms. The molecule has 3 heterocycles. The van der Waals surface area contributed by atoms with Gasteiger partial charge in [-0.1, -0.05) is 19.1 Å². The van der Waals surface area contributed by atoms with Crippen LogP contribution in [0.15, 0.2) is 48.8 Å². The van der Waals surface area contributed by atoms with Gasteiger partial charge in [0.1, 0.15) is 5.82 Å². The average molecular weight is 410 g/mol. The van der Waals surface area contributed by atoms with E-state index in [1.54, 1.807) is 18.5 Å². The Morgan fingerprint density at radius 1 is 1.03 bits per heavy atom. The smallest absolute Gasteiger partial charge is 0.173 e. The molecule has 1 fully saturated rings. The number of piperazine rings is 1. The molecule has 158 valence electrons. The van der Waals surface area contributed by atoms with Crippen molar-refractivity contribution >= 4 is 5.69 Å². The van der Waals surface area contributed by atoms with Crippen LogP contribution < -0.4 is 4.90 Å². The fourth-order valence-corrected chi connectivity index (χ4v) is 3.94. The number of halogens is 1. The summed E-state index contributed by atoms with van der Waals surface area (Å²) in [5.41, 5.74) is 1.57. The first-order valence-corrected chi connectivity index (χ1v) is 10.4. The van der Waals surface area contributed by atoms with Crippen molar-refractivity contribution in [2.45, 2.75) is 38.8 Å². The second-order valence-electron chi connectivity index (χ2n) is 8.27. The summed E-state index contributed by atoms with van der Waals surface area (Å²) >= 11 is 0. The van der Waals surface area contributed by atoms with Gasteiger partial charge in [0.15, 0.2) is 5.82 Å². The highest BCUT2D eigenvalue weighted by atomic mass is 19.1. The zero-order chi connectivity index (χ0) is 21.1. The maximum Gasteiger partial charge on any atom is 0.173 e. The Hall–Kier alpha value is -2.87. The lowest BCUT2D eigenvalue weighted by atomic mass is 9.99. The fraction of sp³-hybridized carbons (Fsp3) is 0.455. The molecule has 0 saturated carbocycles. The van der Waals surface area contributed by atoms with E-state index in [1.807, 2.05) is 28.9 Å². The molecule has 1 saturated heterocycles. The quantitative estimate of drug-likeness (QED) is 0.623. The number of hydrogen-bond donors (Lipinski definition) is 0. The lowest BCUT2D eigenvalue weighted by molar-refractivity contribution is 0.187. The highest BCUT2D eigenvalue weighted by Gasteiger charge is 2.34. The number of pyridine rings is 1. The first-order valence-electron chi connectivity index (χ1n) is 10.4. The van der Waals surface area contributed by atoms with Crippen LogP contribution in [0.2, 0.25) is 0 Å². The van der Waals surface area contributed by atoms with Crippen LogP contribution in [-0.4, -0.2) is 56.3 Å². The maximum atomic E-state index is 14.2. The van der Waals surface area contributed by atoms with Crippen LogP contribution in [0.3, 0.4) is 0 Å². The minimum absolute atomic E-state index is 0.0865. The minimum atomic E-state index is -0.195. The summed E-state index contributed by atoms with van der Waals surface area (Å²) in [6.07, 6.45) is 4.52. The molecule has 0 aliphatic carbocycles. The van der Waals surface area contributed by atoms with Crippen molar-refractivity contribution < 1.29 is 4.39 Å². The zero-order valence-electron chi connectivity index (χ0n) is 17.7. The molecule has 0 radical (unpaired) electrons. The Morgan fingerprint density at radius 3 is 2.40 bits per heavy atom. The van der Waals surface area contributed by atoms with Gasteiger partial charge < -0.3 is 4.90 Å². The third kappa shape index (κ3) is 3.92. The van der Waals surface area contributed by atoms with Crippen LogP contribution in [0, 0.1) is 5.82 Å². The molecule has 1 aromatic carbocycles. The van der Waals surface area contributed by atoms with E-state index in [2.05, 4.69) is 51.1 Å². The van der Waals surface area contributed by atoms with E-state index in [9.17, 15) is 4.39 Å². The monoisotopic (exact) mass is 409 g/mol. The summed E-state index contributed by atoms with van der Waals surface area (Å²) < 4.78 is 16.2. The molecule has 7 nitrogen and oxygen atoms in total. The Labute approximate surface area is 176 Å². The number of tetrazole rings is 1. The molecule has 0 amide bonds. The van der Waals surface area contributed by atoms with Gasteiger partial charge in [-0.2, -0.15) is 0 Å². The number of nitrogens with zero attached hydrogens (tertiary/aromatic N) is 7. The lowest BCUT2D eigenvalue weighted by Crippen LogP contribution is -2.49. The van der Waals surface area contributed by atoms with Gasteiger partial charge in [-0.05, 0) is 60.5 Å². The van der Waals surface area contributed by atoms with Gasteiger partial charge in [-0.25, -0.2) is 9.07 Å². The third-order valence-corrected chi connectivity index (χ3v) is 6.07. The van der Waals surface area contributed by atoms with Gasteiger partial charge in [0, 0.05) is 38.6 Å². The Morgan fingerprint density at radius 2 is 1.73 bits per heavy atom. The Balaban J connectivity index is 1.63. The number of aromatic nitrogens is 5. The van der Waals surface area contributed by atoms with Crippen molar-refractivity contribution in [3.8, 4) is 0 Å². The van der Waals surface area contributed by atoms with Crippen LogP contribution in [0.5, 0.6) is 0 Å². The number of para-hydroxylation sites is 1. The van der Waals surface area contributed by atoms with Crippen LogP contribution in [0.25, 0.3) is 0 Å². The molecule has 3 aromatic rings. The topological polar surface area (TPSA) is 63.0 Å². The molecule has 2 aromatic heterocycles. The van der Waals surface area contributed by atoms with E-state index in [0.29, 0.717) is 5.69 Å². The van der Waals surface area contributed by atoms with Crippen LogP contribution >= 0.6 is 0 Å². The number of hydrogen-bond acceptors (Lipinski definition) is 6. The van der Waals surface area contributed by atoms with E-state index >= 15 is 0 Å². The van der Waals surface area contributed by atoms with Gasteiger partial charge >= 0.3 is 0 Å². The lowest BCUT2D eigenvalue weighted by Gasteiger charge is -2.40. The predicted molar refractivity (Wildman–Crippen MR) is 114 cm³/mol. The standard InChI is InChI=1S/C22H28FN7/c1-4-22(2,3)30-21(25-26-27-30)20(17-9-11-24-12-10-17)29-15-13-28(14-16-29)19-8-6-5-7-18(19)23/h5-12,20H,4,13-16H2,1-3H3/t20-/m1/s1. The molecule has 0 unspecified atom stereocenters. The van der Waals surface area contributed by atoms with Gasteiger partial charge in [0.25, 0.3) is 0 Å². The molecule has 0 bridgehead atoms. The van der Waals surface area contributed by atoms with E-state index in [0.717, 1.165) is 44.0 Å². The zero-order valence-corrected chi connectivity index (χ0v) is 17.7. The second-order valence-corrected chi connectivity index (χ2v) is 8.27. The number of rotatable bonds is 6. The van der Waals surface area contributed by atoms with E-state index in [1.165, 1.54) is 6.07 Å². The maximum absolute atomic E-state index is 14.2. The summed E-state index contributed by atoms with van der Waals surface area (Å²) in [7, 11) is 0. The van der Waals surface area contributed by atoms with Crippen molar-refractivity contribution in [1.82, 2.24) is 30.1 Å². The van der Waals surface area contributed by atoms with Crippen molar-refractivity contribution in [3.05, 3.63) is 66.0 Å². The molecule has 1 aliphatic rings. The van der Waals surface area contributed by atoms with Crippen molar-refractivity contribution in [1.29, 1.82) is 0 Å². The molecule has 8 heteroatoms. The molecule has 0 spiro atoms. The highest BCUT2D eigenvalue weighted by Crippen LogP contribution is 2.32. The SMILES string of the molecule is CCC(C)(C)n1nnnc1[C@@H](c1ccncc1)N1CCN(c2ccccc2F)CC1. The Bertz CT molecular complexity index is 964. The van der Waals surface area contributed by atoms with E-state index in [4.69, 9.17) is 0 Å². The second kappa shape index (κ2) is 8.47. The molecule has 4 rings (SSSR count). The van der Waals surface area contributed by atoms with E-state index < -0.39 is 0 Å². The summed E-state index contributed by atoms with van der Waals surface area (Å²) in [5, 5.41) is 12.8. The summed E-state index contributed by atoms with van der Waals surface area (Å²) in [6, 6.07) is 10.9. The van der Waals surface area contributed by atoms with Crippen molar-refractivity contribution in [2.75, 3.05) is 31.1 Å². The molecular weight excluding hydrogens is 381 g/mol. The van der Waals surface area contributed by atoms with Gasteiger partial charge in [-0.15, -0.1) is 5.10 Å². The fourth-order valence-electron chi connectivity index (χ4n) is 3.94. The van der Waals surface area contributed by atoms with E-state index in [-0.39, 0.29) is 17.4 Å². The minimum Gasteiger partial charge on any atom is -0.367 e.